The Balaban J connectivity index is 2.04. The van der Waals surface area contributed by atoms with Crippen LogP contribution < -0.4 is 10.6 Å². The summed E-state index contributed by atoms with van der Waals surface area (Å²) in [5.41, 5.74) is 0.610. The van der Waals surface area contributed by atoms with E-state index >= 15 is 0 Å². The maximum Gasteiger partial charge on any atom is 0.244 e. The fourth-order valence-corrected chi connectivity index (χ4v) is 2.25. The average molecular weight is 326 g/mol. The van der Waals surface area contributed by atoms with E-state index in [4.69, 9.17) is 23.2 Å². The third-order valence-corrected chi connectivity index (χ3v) is 3.47. The van der Waals surface area contributed by atoms with E-state index in [1.54, 1.807) is 18.2 Å². The zero-order chi connectivity index (χ0) is 15.1. The molecular weight excluding hydrogens is 309 g/mol. The van der Waals surface area contributed by atoms with Gasteiger partial charge in [0.25, 0.3) is 0 Å². The van der Waals surface area contributed by atoms with Crippen LogP contribution in [0.3, 0.4) is 0 Å². The van der Waals surface area contributed by atoms with Crippen LogP contribution in [0.4, 0.5) is 17.5 Å². The van der Waals surface area contributed by atoms with Crippen LogP contribution >= 0.6 is 23.2 Å². The number of nitrogens with zero attached hydrogens (tertiary/aromatic N) is 3. The summed E-state index contributed by atoms with van der Waals surface area (Å²) in [7, 11) is 0. The number of anilines is 3. The second kappa shape index (κ2) is 8.00. The summed E-state index contributed by atoms with van der Waals surface area (Å²) in [5, 5.41) is 15.1. The van der Waals surface area contributed by atoms with Crippen molar-refractivity contribution in [3.63, 3.8) is 0 Å². The van der Waals surface area contributed by atoms with Crippen molar-refractivity contribution in [1.82, 2.24) is 15.2 Å². The minimum atomic E-state index is 0.485. The first-order chi connectivity index (χ1) is 10.2. The van der Waals surface area contributed by atoms with E-state index < -0.39 is 0 Å². The zero-order valence-corrected chi connectivity index (χ0v) is 13.2. The van der Waals surface area contributed by atoms with E-state index in [9.17, 15) is 0 Å². The van der Waals surface area contributed by atoms with Crippen molar-refractivity contribution in [2.24, 2.45) is 0 Å². The summed E-state index contributed by atoms with van der Waals surface area (Å²) >= 11 is 12.2. The Morgan fingerprint density at radius 3 is 2.62 bits per heavy atom. The summed E-state index contributed by atoms with van der Waals surface area (Å²) in [5.74, 6) is 1.03. The van der Waals surface area contributed by atoms with E-state index in [-0.39, 0.29) is 0 Å². The van der Waals surface area contributed by atoms with Gasteiger partial charge in [0.15, 0.2) is 5.82 Å². The number of unbranched alkanes of at least 4 members (excludes halogenated alkanes) is 2. The number of rotatable bonds is 7. The van der Waals surface area contributed by atoms with E-state index in [0.29, 0.717) is 27.5 Å². The van der Waals surface area contributed by atoms with Gasteiger partial charge >= 0.3 is 0 Å². The molecule has 0 saturated carbocycles. The number of hydrogen-bond donors (Lipinski definition) is 2. The normalized spacial score (nSPS) is 10.4. The lowest BCUT2D eigenvalue weighted by molar-refractivity contribution is 0.738. The van der Waals surface area contributed by atoms with Crippen molar-refractivity contribution in [3.05, 3.63) is 34.4 Å². The van der Waals surface area contributed by atoms with Gasteiger partial charge in [0.2, 0.25) is 5.95 Å². The predicted octanol–water partition coefficient (Wildman–Crippen LogP) is 4.52. The Labute approximate surface area is 134 Å². The Bertz CT molecular complexity index is 571. The van der Waals surface area contributed by atoms with Crippen LogP contribution in [-0.4, -0.2) is 21.7 Å². The Kier molecular flexibility index (Phi) is 6.02. The summed E-state index contributed by atoms with van der Waals surface area (Å²) in [6, 6.07) is 5.30. The first kappa shape index (κ1) is 15.8. The third-order valence-electron chi connectivity index (χ3n) is 2.84. The molecule has 0 saturated heterocycles. The molecule has 0 fully saturated rings. The highest BCUT2D eigenvalue weighted by atomic mass is 35.5. The maximum atomic E-state index is 6.11. The van der Waals surface area contributed by atoms with Crippen LogP contribution in [0.25, 0.3) is 0 Å². The van der Waals surface area contributed by atoms with E-state index in [0.717, 1.165) is 13.0 Å². The van der Waals surface area contributed by atoms with Crippen molar-refractivity contribution in [2.45, 2.75) is 26.2 Å². The molecule has 0 bridgehead atoms. The van der Waals surface area contributed by atoms with Gasteiger partial charge in [-0.3, -0.25) is 0 Å². The molecule has 21 heavy (non-hydrogen) atoms. The molecule has 7 heteroatoms. The lowest BCUT2D eigenvalue weighted by atomic mass is 10.2. The average Bonchev–Trinajstić information content (AvgIpc) is 2.48. The largest absolute Gasteiger partial charge is 0.353 e. The molecule has 1 aromatic carbocycles. The monoisotopic (exact) mass is 325 g/mol. The topological polar surface area (TPSA) is 62.7 Å². The van der Waals surface area contributed by atoms with Gasteiger partial charge in [0.05, 0.1) is 21.9 Å². The molecule has 0 unspecified atom stereocenters. The van der Waals surface area contributed by atoms with Crippen LogP contribution in [-0.2, 0) is 0 Å². The Morgan fingerprint density at radius 1 is 1.14 bits per heavy atom. The highest BCUT2D eigenvalue weighted by Crippen LogP contribution is 2.31. The predicted molar refractivity (Wildman–Crippen MR) is 87.6 cm³/mol. The highest BCUT2D eigenvalue weighted by Gasteiger charge is 2.07. The van der Waals surface area contributed by atoms with Gasteiger partial charge in [-0.25, -0.2) is 0 Å². The molecule has 1 aromatic heterocycles. The molecule has 0 atom stereocenters. The van der Waals surface area contributed by atoms with Crippen molar-refractivity contribution in [3.8, 4) is 0 Å². The lowest BCUT2D eigenvalue weighted by Gasteiger charge is -2.10. The van der Waals surface area contributed by atoms with E-state index in [2.05, 4.69) is 32.7 Å². The SMILES string of the molecule is CCCCCNc1nncc(Nc2c(Cl)cccc2Cl)n1. The van der Waals surface area contributed by atoms with E-state index in [1.807, 2.05) is 0 Å². The molecule has 0 aliphatic carbocycles. The van der Waals surface area contributed by atoms with Gasteiger partial charge in [-0.15, -0.1) is 5.10 Å². The Morgan fingerprint density at radius 2 is 1.90 bits per heavy atom. The zero-order valence-electron chi connectivity index (χ0n) is 11.7. The van der Waals surface area contributed by atoms with Gasteiger partial charge in [-0.2, -0.15) is 10.1 Å². The molecule has 0 aliphatic heterocycles. The molecule has 5 nitrogen and oxygen atoms in total. The summed E-state index contributed by atoms with van der Waals surface area (Å²) in [4.78, 5) is 4.33. The molecular formula is C14H17Cl2N5. The first-order valence-corrected chi connectivity index (χ1v) is 7.61. The molecule has 112 valence electrons. The quantitative estimate of drug-likeness (QED) is 0.732. The molecule has 2 aromatic rings. The van der Waals surface area contributed by atoms with Crippen LogP contribution in [0.5, 0.6) is 0 Å². The maximum absolute atomic E-state index is 6.11. The second-order valence-electron chi connectivity index (χ2n) is 4.52. The minimum absolute atomic E-state index is 0.485. The highest BCUT2D eigenvalue weighted by molar-refractivity contribution is 6.39. The second-order valence-corrected chi connectivity index (χ2v) is 5.34. The molecule has 0 aliphatic rings. The van der Waals surface area contributed by atoms with Crippen LogP contribution in [0.2, 0.25) is 10.0 Å². The minimum Gasteiger partial charge on any atom is -0.353 e. The standard InChI is InChI=1S/C14H17Cl2N5/c1-2-3-4-8-17-14-20-12(9-18-21-14)19-13-10(15)6-5-7-11(13)16/h5-7,9H,2-4,8H2,1H3,(H2,17,19,20,21). The lowest BCUT2D eigenvalue weighted by Crippen LogP contribution is -2.07. The molecule has 0 amide bonds. The van der Waals surface area contributed by atoms with Gasteiger partial charge in [-0.1, -0.05) is 49.0 Å². The van der Waals surface area contributed by atoms with Crippen molar-refractivity contribution < 1.29 is 0 Å². The Hall–Kier alpha value is -1.59. The van der Waals surface area contributed by atoms with Gasteiger partial charge < -0.3 is 10.6 Å². The van der Waals surface area contributed by atoms with Gasteiger partial charge in [-0.05, 0) is 18.6 Å². The van der Waals surface area contributed by atoms with Crippen LogP contribution in [0.1, 0.15) is 26.2 Å². The summed E-state index contributed by atoms with van der Waals surface area (Å²) < 4.78 is 0. The number of halogens is 2. The molecule has 1 heterocycles. The first-order valence-electron chi connectivity index (χ1n) is 6.85. The fourth-order valence-electron chi connectivity index (χ4n) is 1.76. The number of benzene rings is 1. The molecule has 0 radical (unpaired) electrons. The van der Waals surface area contributed by atoms with Gasteiger partial charge in [0, 0.05) is 6.54 Å². The van der Waals surface area contributed by atoms with Crippen molar-refractivity contribution in [2.75, 3.05) is 17.2 Å². The molecule has 0 spiro atoms. The van der Waals surface area contributed by atoms with Crippen molar-refractivity contribution >= 4 is 40.7 Å². The number of aromatic nitrogens is 3. The number of hydrogen-bond acceptors (Lipinski definition) is 5. The summed E-state index contributed by atoms with van der Waals surface area (Å²) in [6.45, 7) is 2.99. The van der Waals surface area contributed by atoms with E-state index in [1.165, 1.54) is 19.0 Å². The summed E-state index contributed by atoms with van der Waals surface area (Å²) in [6.07, 6.45) is 4.95. The fraction of sp³-hybridized carbons (Fsp3) is 0.357. The smallest absolute Gasteiger partial charge is 0.244 e. The number of nitrogens with one attached hydrogen (secondary N) is 2. The van der Waals surface area contributed by atoms with Crippen molar-refractivity contribution in [1.29, 1.82) is 0 Å². The molecule has 2 N–H and O–H groups in total. The molecule has 2 rings (SSSR count). The van der Waals surface area contributed by atoms with Crippen LogP contribution in [0, 0.1) is 0 Å². The third kappa shape index (κ3) is 4.72. The van der Waals surface area contributed by atoms with Gasteiger partial charge in [0.1, 0.15) is 0 Å². The number of para-hydroxylation sites is 1. The van der Waals surface area contributed by atoms with Crippen LogP contribution in [0.15, 0.2) is 24.4 Å².